The van der Waals surface area contributed by atoms with Crippen molar-refractivity contribution >= 4 is 11.5 Å². The number of benzene rings is 1. The molecule has 0 radical (unpaired) electrons. The van der Waals surface area contributed by atoms with Gasteiger partial charge in [-0.1, -0.05) is 67.5 Å². The van der Waals surface area contributed by atoms with Gasteiger partial charge in [-0.25, -0.2) is 4.79 Å². The van der Waals surface area contributed by atoms with Gasteiger partial charge in [-0.05, 0) is 85.1 Å². The van der Waals surface area contributed by atoms with E-state index in [1.165, 1.54) is 29.6 Å². The Hall–Kier alpha value is -2.94. The van der Waals surface area contributed by atoms with Gasteiger partial charge in [-0.15, -0.1) is 0 Å². The zero-order valence-electron chi connectivity index (χ0n) is 21.1. The molecule has 3 heteroatoms. The normalized spacial score (nSPS) is 33.5. The molecule has 2 fully saturated rings. The summed E-state index contributed by atoms with van der Waals surface area (Å²) in [4.78, 5) is 17.2. The topological polar surface area (TPSA) is 39.2 Å². The fourth-order valence-electron chi connectivity index (χ4n) is 7.69. The zero-order chi connectivity index (χ0) is 24.2. The van der Waals surface area contributed by atoms with Gasteiger partial charge in [0.15, 0.2) is 0 Å². The number of esters is 1. The highest BCUT2D eigenvalue weighted by Crippen LogP contribution is 2.64. The summed E-state index contributed by atoms with van der Waals surface area (Å²) >= 11 is 0. The largest absolute Gasteiger partial charge is 0.458 e. The lowest BCUT2D eigenvalue weighted by molar-refractivity contribution is 0.00240. The lowest BCUT2D eigenvalue weighted by Crippen LogP contribution is -2.47. The molecular weight excluding hydrogens is 430 g/mol. The van der Waals surface area contributed by atoms with Crippen molar-refractivity contribution < 1.29 is 9.53 Å². The molecule has 5 atom stereocenters. The van der Waals surface area contributed by atoms with Crippen LogP contribution < -0.4 is 0 Å². The molecule has 4 aliphatic rings. The van der Waals surface area contributed by atoms with Crippen LogP contribution >= 0.6 is 0 Å². The Labute approximate surface area is 209 Å². The number of ether oxygens (including phenoxy) is 1. The minimum Gasteiger partial charge on any atom is -0.458 e. The van der Waals surface area contributed by atoms with Crippen LogP contribution in [0.2, 0.25) is 0 Å². The number of nitrogens with zero attached hydrogens (tertiary/aromatic N) is 1. The summed E-state index contributed by atoms with van der Waals surface area (Å²) in [5, 5.41) is 0. The van der Waals surface area contributed by atoms with Crippen LogP contribution in [0.4, 0.5) is 0 Å². The molecule has 2 saturated carbocycles. The molecule has 1 heterocycles. The monoisotopic (exact) mass is 465 g/mol. The van der Waals surface area contributed by atoms with Gasteiger partial charge in [0.1, 0.15) is 6.10 Å². The van der Waals surface area contributed by atoms with Gasteiger partial charge >= 0.3 is 5.97 Å². The van der Waals surface area contributed by atoms with Crippen LogP contribution in [0.5, 0.6) is 0 Å². The summed E-state index contributed by atoms with van der Waals surface area (Å²) in [6.07, 6.45) is 17.6. The van der Waals surface area contributed by atoms with Crippen LogP contribution in [0, 0.1) is 29.6 Å². The van der Waals surface area contributed by atoms with Crippen LogP contribution in [-0.2, 0) is 4.74 Å². The number of fused-ring (bicyclic) bond motifs is 5. The standard InChI is InChI=1S/C32H35NO2/c1-21-7-4-5-9-25(21)30(34)35-24-14-16-31(2)23(19-24)10-11-26-28-13-12-27(22-8-6-18-33-20-22)32(28,3)17-15-29(26)31/h4-10,12-13,18,20,24,26,29H,11,14-17,19H2,1-3H3/t24-,26?,29?,31-,32+/m0/s1. The first-order valence-corrected chi connectivity index (χ1v) is 13.2. The average Bonchev–Trinajstić information content (AvgIpc) is 3.22. The van der Waals surface area contributed by atoms with Gasteiger partial charge in [0, 0.05) is 24.2 Å². The lowest BCUT2D eigenvalue weighted by Gasteiger charge is -2.56. The van der Waals surface area contributed by atoms with Crippen molar-refractivity contribution in [1.29, 1.82) is 0 Å². The van der Waals surface area contributed by atoms with Gasteiger partial charge in [-0.2, -0.15) is 0 Å². The van der Waals surface area contributed by atoms with Crippen molar-refractivity contribution in [3.8, 4) is 0 Å². The van der Waals surface area contributed by atoms with Gasteiger partial charge in [-0.3, -0.25) is 4.98 Å². The lowest BCUT2D eigenvalue weighted by atomic mass is 9.49. The molecule has 1 aromatic heterocycles. The highest BCUT2D eigenvalue weighted by Gasteiger charge is 2.54. The number of carbonyl (C=O) groups is 1. The van der Waals surface area contributed by atoms with Crippen molar-refractivity contribution in [3.63, 3.8) is 0 Å². The maximum Gasteiger partial charge on any atom is 0.338 e. The van der Waals surface area contributed by atoms with Crippen LogP contribution in [-0.4, -0.2) is 17.1 Å². The van der Waals surface area contributed by atoms with E-state index in [-0.39, 0.29) is 22.9 Å². The second-order valence-corrected chi connectivity index (χ2v) is 11.5. The predicted molar refractivity (Wildman–Crippen MR) is 140 cm³/mol. The number of hydrogen-bond donors (Lipinski definition) is 0. The van der Waals surface area contributed by atoms with E-state index in [1.807, 2.05) is 49.6 Å². The number of hydrogen-bond acceptors (Lipinski definition) is 3. The maximum absolute atomic E-state index is 12.9. The van der Waals surface area contributed by atoms with Crippen molar-refractivity contribution in [2.75, 3.05) is 0 Å². The van der Waals surface area contributed by atoms with Crippen LogP contribution in [0.25, 0.3) is 5.57 Å². The first-order chi connectivity index (χ1) is 16.9. The highest BCUT2D eigenvalue weighted by atomic mass is 16.5. The van der Waals surface area contributed by atoms with Crippen LogP contribution in [0.15, 0.2) is 78.2 Å². The van der Waals surface area contributed by atoms with Gasteiger partial charge in [0.05, 0.1) is 5.56 Å². The fraction of sp³-hybridized carbons (Fsp3) is 0.438. The average molecular weight is 466 g/mol. The van der Waals surface area contributed by atoms with E-state index in [2.05, 4.69) is 43.1 Å². The molecule has 4 aliphatic carbocycles. The Morgan fingerprint density at radius 3 is 2.71 bits per heavy atom. The summed E-state index contributed by atoms with van der Waals surface area (Å²) < 4.78 is 6.03. The van der Waals surface area contributed by atoms with Crippen LogP contribution in [0.3, 0.4) is 0 Å². The van der Waals surface area contributed by atoms with E-state index in [9.17, 15) is 4.79 Å². The highest BCUT2D eigenvalue weighted by molar-refractivity contribution is 5.91. The first kappa shape index (κ1) is 22.5. The Kier molecular flexibility index (Phi) is 5.36. The molecule has 0 aliphatic heterocycles. The molecule has 180 valence electrons. The van der Waals surface area contributed by atoms with Crippen molar-refractivity contribution in [1.82, 2.24) is 4.98 Å². The molecule has 6 rings (SSSR count). The fourth-order valence-corrected chi connectivity index (χ4v) is 7.69. The number of aryl methyl sites for hydroxylation is 1. The number of carbonyl (C=O) groups excluding carboxylic acids is 1. The smallest absolute Gasteiger partial charge is 0.338 e. The molecule has 0 bridgehead atoms. The summed E-state index contributed by atoms with van der Waals surface area (Å²) in [5.41, 5.74) is 7.83. The van der Waals surface area contributed by atoms with E-state index in [4.69, 9.17) is 4.74 Å². The quantitative estimate of drug-likeness (QED) is 0.348. The van der Waals surface area contributed by atoms with E-state index in [1.54, 1.807) is 5.57 Å². The molecule has 1 aromatic carbocycles. The van der Waals surface area contributed by atoms with Crippen LogP contribution in [0.1, 0.15) is 73.9 Å². The molecule has 2 unspecified atom stereocenters. The Bertz CT molecular complexity index is 1260. The number of rotatable bonds is 3. The molecule has 0 spiro atoms. The third kappa shape index (κ3) is 3.54. The summed E-state index contributed by atoms with van der Waals surface area (Å²) in [5.74, 6) is 1.08. The molecule has 0 amide bonds. The minimum atomic E-state index is -0.176. The molecule has 3 nitrogen and oxygen atoms in total. The number of allylic oxidation sites excluding steroid dienone is 5. The summed E-state index contributed by atoms with van der Waals surface area (Å²) in [6.45, 7) is 6.91. The second-order valence-electron chi connectivity index (χ2n) is 11.5. The third-order valence-corrected chi connectivity index (χ3v) is 9.72. The van der Waals surface area contributed by atoms with E-state index in [0.717, 1.165) is 31.2 Å². The Morgan fingerprint density at radius 1 is 1.06 bits per heavy atom. The van der Waals surface area contributed by atoms with Crippen molar-refractivity contribution in [3.05, 3.63) is 94.9 Å². The molecular formula is C32H35NO2. The number of pyridine rings is 1. The molecule has 2 aromatic rings. The van der Waals surface area contributed by atoms with Gasteiger partial charge < -0.3 is 4.74 Å². The Balaban J connectivity index is 1.21. The van der Waals surface area contributed by atoms with Gasteiger partial charge in [0.25, 0.3) is 0 Å². The predicted octanol–water partition coefficient (Wildman–Crippen LogP) is 7.49. The Morgan fingerprint density at radius 2 is 1.91 bits per heavy atom. The third-order valence-electron chi connectivity index (χ3n) is 9.72. The maximum atomic E-state index is 12.9. The second kappa shape index (κ2) is 8.33. The van der Waals surface area contributed by atoms with E-state index in [0.29, 0.717) is 17.4 Å². The number of aromatic nitrogens is 1. The van der Waals surface area contributed by atoms with Gasteiger partial charge in [0.2, 0.25) is 0 Å². The van der Waals surface area contributed by atoms with Crippen molar-refractivity contribution in [2.45, 2.75) is 65.4 Å². The SMILES string of the molecule is Cc1ccccc1C(=O)O[C@H]1CC[C@@]2(C)C(=CCC3C4=CC=C(c5cccnc5)[C@@]4(C)CCC32)C1. The zero-order valence-corrected chi connectivity index (χ0v) is 21.1. The van der Waals surface area contributed by atoms with Crippen molar-refractivity contribution in [2.24, 2.45) is 22.7 Å². The summed E-state index contributed by atoms with van der Waals surface area (Å²) in [6, 6.07) is 12.0. The van der Waals surface area contributed by atoms with E-state index >= 15 is 0 Å². The summed E-state index contributed by atoms with van der Waals surface area (Å²) in [7, 11) is 0. The molecule has 0 saturated heterocycles. The molecule has 0 N–H and O–H groups in total. The first-order valence-electron chi connectivity index (χ1n) is 13.2. The molecule has 35 heavy (non-hydrogen) atoms. The minimum absolute atomic E-state index is 0.0172. The van der Waals surface area contributed by atoms with E-state index < -0.39 is 0 Å².